The van der Waals surface area contributed by atoms with E-state index in [4.69, 9.17) is 9.47 Å². The minimum atomic E-state index is 0.321. The average molecular weight is 292 g/mol. The van der Waals surface area contributed by atoms with Gasteiger partial charge in [0, 0.05) is 18.6 Å². The molecule has 1 heterocycles. The lowest BCUT2D eigenvalue weighted by Crippen LogP contribution is -2.39. The predicted octanol–water partition coefficient (Wildman–Crippen LogP) is 3.19. The van der Waals surface area contributed by atoms with Crippen molar-refractivity contribution >= 4 is 0 Å². The van der Waals surface area contributed by atoms with Crippen molar-refractivity contribution in [3.63, 3.8) is 0 Å². The number of nitrogens with one attached hydrogen (secondary N) is 1. The van der Waals surface area contributed by atoms with Gasteiger partial charge in [-0.2, -0.15) is 0 Å². The predicted molar refractivity (Wildman–Crippen MR) is 86.0 cm³/mol. The zero-order valence-corrected chi connectivity index (χ0v) is 13.7. The summed E-state index contributed by atoms with van der Waals surface area (Å²) < 4.78 is 10.9. The third-order valence-corrected chi connectivity index (χ3v) is 3.99. The van der Waals surface area contributed by atoms with Crippen molar-refractivity contribution in [2.75, 3.05) is 26.4 Å². The largest absolute Gasteiger partial charge is 0.454 e. The van der Waals surface area contributed by atoms with Crippen molar-refractivity contribution in [3.05, 3.63) is 23.8 Å². The van der Waals surface area contributed by atoms with Crippen LogP contribution >= 0.6 is 0 Å². The zero-order chi connectivity index (χ0) is 15.2. The molecule has 1 aromatic carbocycles. The van der Waals surface area contributed by atoms with Crippen molar-refractivity contribution < 1.29 is 9.47 Å². The first-order chi connectivity index (χ1) is 10.2. The van der Waals surface area contributed by atoms with E-state index in [-0.39, 0.29) is 0 Å². The molecular formula is C17H28N2O2. The molecule has 0 bridgehead atoms. The highest BCUT2D eigenvalue weighted by Crippen LogP contribution is 2.34. The molecule has 0 fully saturated rings. The van der Waals surface area contributed by atoms with Gasteiger partial charge in [0.05, 0.1) is 0 Å². The minimum absolute atomic E-state index is 0.321. The van der Waals surface area contributed by atoms with Gasteiger partial charge in [-0.15, -0.1) is 0 Å². The van der Waals surface area contributed by atoms with E-state index in [0.29, 0.717) is 18.9 Å². The molecule has 0 aliphatic carbocycles. The van der Waals surface area contributed by atoms with Gasteiger partial charge in [-0.05, 0) is 51.1 Å². The van der Waals surface area contributed by atoms with Crippen LogP contribution in [0.1, 0.15) is 45.7 Å². The molecule has 21 heavy (non-hydrogen) atoms. The second-order valence-electron chi connectivity index (χ2n) is 5.80. The summed E-state index contributed by atoms with van der Waals surface area (Å²) in [5, 5.41) is 3.66. The van der Waals surface area contributed by atoms with Crippen LogP contribution in [0.3, 0.4) is 0 Å². The van der Waals surface area contributed by atoms with Crippen LogP contribution in [0.25, 0.3) is 0 Å². The van der Waals surface area contributed by atoms with Gasteiger partial charge in [-0.25, -0.2) is 0 Å². The van der Waals surface area contributed by atoms with Gasteiger partial charge in [-0.1, -0.05) is 19.9 Å². The summed E-state index contributed by atoms with van der Waals surface area (Å²) in [7, 11) is 0. The SMILES string of the molecule is CCCNC(CN(CC)C(C)C)c1ccc2c(c1)OCO2. The first-order valence-corrected chi connectivity index (χ1v) is 8.02. The fourth-order valence-corrected chi connectivity index (χ4v) is 2.68. The van der Waals surface area contributed by atoms with Gasteiger partial charge >= 0.3 is 0 Å². The summed E-state index contributed by atoms with van der Waals surface area (Å²) in [6.07, 6.45) is 1.13. The molecule has 0 saturated heterocycles. The van der Waals surface area contributed by atoms with Crippen LogP contribution in [0.5, 0.6) is 11.5 Å². The lowest BCUT2D eigenvalue weighted by molar-refractivity contribution is 0.174. The molecule has 1 N–H and O–H groups in total. The van der Waals surface area contributed by atoms with Crippen LogP contribution < -0.4 is 14.8 Å². The fraction of sp³-hybridized carbons (Fsp3) is 0.647. The summed E-state index contributed by atoms with van der Waals surface area (Å²) in [6.45, 7) is 12.3. The van der Waals surface area contributed by atoms with E-state index in [1.54, 1.807) is 0 Å². The molecule has 118 valence electrons. The summed E-state index contributed by atoms with van der Waals surface area (Å²) in [4.78, 5) is 2.48. The summed E-state index contributed by atoms with van der Waals surface area (Å²) in [5.41, 5.74) is 1.27. The minimum Gasteiger partial charge on any atom is -0.454 e. The second-order valence-corrected chi connectivity index (χ2v) is 5.80. The van der Waals surface area contributed by atoms with E-state index in [0.717, 1.165) is 37.6 Å². The van der Waals surface area contributed by atoms with Crippen LogP contribution in [0.2, 0.25) is 0 Å². The standard InChI is InChI=1S/C17H28N2O2/c1-5-9-18-15(11-19(6-2)13(3)4)14-7-8-16-17(10-14)21-12-20-16/h7-8,10,13,15,18H,5-6,9,11-12H2,1-4H3. The highest BCUT2D eigenvalue weighted by molar-refractivity contribution is 5.45. The molecule has 4 nitrogen and oxygen atoms in total. The maximum absolute atomic E-state index is 5.51. The van der Waals surface area contributed by atoms with Crippen LogP contribution in [0.4, 0.5) is 0 Å². The number of benzene rings is 1. The maximum atomic E-state index is 5.51. The van der Waals surface area contributed by atoms with Crippen LogP contribution in [-0.2, 0) is 0 Å². The number of hydrogen-bond donors (Lipinski definition) is 1. The zero-order valence-electron chi connectivity index (χ0n) is 13.7. The summed E-state index contributed by atoms with van der Waals surface area (Å²) in [6, 6.07) is 7.15. The lowest BCUT2D eigenvalue weighted by atomic mass is 10.0. The normalized spacial score (nSPS) is 15.0. The van der Waals surface area contributed by atoms with Crippen molar-refractivity contribution in [3.8, 4) is 11.5 Å². The first kappa shape index (κ1) is 16.1. The van der Waals surface area contributed by atoms with Crippen molar-refractivity contribution in [2.45, 2.75) is 46.2 Å². The highest BCUT2D eigenvalue weighted by Gasteiger charge is 2.20. The van der Waals surface area contributed by atoms with Gasteiger partial charge in [0.1, 0.15) is 0 Å². The Morgan fingerprint density at radius 1 is 1.19 bits per heavy atom. The molecule has 1 aromatic rings. The van der Waals surface area contributed by atoms with Gasteiger partial charge in [0.25, 0.3) is 0 Å². The van der Waals surface area contributed by atoms with Crippen molar-refractivity contribution in [1.82, 2.24) is 10.2 Å². The number of hydrogen-bond acceptors (Lipinski definition) is 4. The fourth-order valence-electron chi connectivity index (χ4n) is 2.68. The van der Waals surface area contributed by atoms with Gasteiger partial charge in [-0.3, -0.25) is 4.90 Å². The Morgan fingerprint density at radius 3 is 2.62 bits per heavy atom. The molecular weight excluding hydrogens is 264 g/mol. The molecule has 1 aliphatic rings. The molecule has 2 rings (SSSR count). The smallest absolute Gasteiger partial charge is 0.231 e. The Morgan fingerprint density at radius 2 is 1.95 bits per heavy atom. The van der Waals surface area contributed by atoms with Crippen LogP contribution in [0, 0.1) is 0 Å². The van der Waals surface area contributed by atoms with Gasteiger partial charge < -0.3 is 14.8 Å². The van der Waals surface area contributed by atoms with E-state index in [1.165, 1.54) is 5.56 Å². The molecule has 0 aromatic heterocycles. The number of fused-ring (bicyclic) bond motifs is 1. The number of nitrogens with zero attached hydrogens (tertiary/aromatic N) is 1. The molecule has 0 amide bonds. The number of rotatable bonds is 8. The number of likely N-dealkylation sites (N-methyl/N-ethyl adjacent to an activating group) is 1. The lowest BCUT2D eigenvalue weighted by Gasteiger charge is -2.30. The highest BCUT2D eigenvalue weighted by atomic mass is 16.7. The molecule has 1 aliphatic heterocycles. The number of ether oxygens (including phenoxy) is 2. The van der Waals surface area contributed by atoms with E-state index in [9.17, 15) is 0 Å². The third-order valence-electron chi connectivity index (χ3n) is 3.99. The molecule has 1 unspecified atom stereocenters. The Balaban J connectivity index is 2.14. The molecule has 0 saturated carbocycles. The van der Waals surface area contributed by atoms with Gasteiger partial charge in [0.2, 0.25) is 6.79 Å². The molecule has 0 spiro atoms. The maximum Gasteiger partial charge on any atom is 0.231 e. The second kappa shape index (κ2) is 7.66. The molecule has 4 heteroatoms. The van der Waals surface area contributed by atoms with E-state index < -0.39 is 0 Å². The van der Waals surface area contributed by atoms with E-state index >= 15 is 0 Å². The van der Waals surface area contributed by atoms with E-state index in [2.05, 4.69) is 50.0 Å². The third kappa shape index (κ3) is 4.11. The quantitative estimate of drug-likeness (QED) is 0.798. The Kier molecular flexibility index (Phi) is 5.88. The van der Waals surface area contributed by atoms with Crippen LogP contribution in [-0.4, -0.2) is 37.4 Å². The average Bonchev–Trinajstić information content (AvgIpc) is 2.94. The van der Waals surface area contributed by atoms with Crippen molar-refractivity contribution in [2.24, 2.45) is 0 Å². The Labute approximate surface area is 128 Å². The molecule has 1 atom stereocenters. The van der Waals surface area contributed by atoms with Gasteiger partial charge in [0.15, 0.2) is 11.5 Å². The van der Waals surface area contributed by atoms with Crippen LogP contribution in [0.15, 0.2) is 18.2 Å². The molecule has 0 radical (unpaired) electrons. The van der Waals surface area contributed by atoms with Crippen molar-refractivity contribution in [1.29, 1.82) is 0 Å². The Hall–Kier alpha value is -1.26. The monoisotopic (exact) mass is 292 g/mol. The van der Waals surface area contributed by atoms with E-state index in [1.807, 2.05) is 6.07 Å². The summed E-state index contributed by atoms with van der Waals surface area (Å²) >= 11 is 0. The summed E-state index contributed by atoms with van der Waals surface area (Å²) in [5.74, 6) is 1.72. The topological polar surface area (TPSA) is 33.7 Å². The Bertz CT molecular complexity index is 448. The first-order valence-electron chi connectivity index (χ1n) is 8.02.